The van der Waals surface area contributed by atoms with Gasteiger partial charge in [-0.05, 0) is 39.0 Å². The Hall–Kier alpha value is -0.0300. The number of hydrogen-bond acceptors (Lipinski definition) is 1. The lowest BCUT2D eigenvalue weighted by Gasteiger charge is -2.26. The van der Waals surface area contributed by atoms with Crippen molar-refractivity contribution in [3.05, 3.63) is 0 Å². The first-order chi connectivity index (χ1) is 6.88. The first-order valence-corrected chi connectivity index (χ1v) is 6.49. The van der Waals surface area contributed by atoms with Gasteiger partial charge in [0.25, 0.3) is 6.43 Å². The lowest BCUT2D eigenvalue weighted by molar-refractivity contribution is 0.0994. The van der Waals surface area contributed by atoms with Gasteiger partial charge in [-0.3, -0.25) is 0 Å². The minimum Gasteiger partial charge on any atom is -0.242 e. The predicted octanol–water partition coefficient (Wildman–Crippen LogP) is 2.47. The van der Waals surface area contributed by atoms with E-state index in [2.05, 4.69) is 4.72 Å². The van der Waals surface area contributed by atoms with E-state index in [1.165, 1.54) is 0 Å². The van der Waals surface area contributed by atoms with Crippen LogP contribution in [0, 0.1) is 5.92 Å². The summed E-state index contributed by atoms with van der Waals surface area (Å²) in [6.07, 6.45) is -0.0702. The third-order valence-corrected chi connectivity index (χ3v) is 4.78. The molecule has 0 aromatic carbocycles. The molecule has 0 aliphatic heterocycles. The maximum atomic E-state index is 12.6. The molecule has 0 aromatic heterocycles. The molecule has 1 aliphatic carbocycles. The number of alkyl halides is 2. The van der Waals surface area contributed by atoms with Crippen molar-refractivity contribution in [3.8, 4) is 0 Å². The number of halogens is 2. The van der Waals surface area contributed by atoms with Crippen LogP contribution in [0.5, 0.6) is 0 Å². The second-order valence-corrected chi connectivity index (χ2v) is 6.58. The summed E-state index contributed by atoms with van der Waals surface area (Å²) in [4.78, 5) is 0. The number of rotatable bonds is 6. The summed E-state index contributed by atoms with van der Waals surface area (Å²) in [5.74, 6) is 0.0154. The molecular weight excluding hydrogens is 220 g/mol. The molecule has 0 spiro atoms. The summed E-state index contributed by atoms with van der Waals surface area (Å²) in [5.41, 5.74) is 0. The van der Waals surface area contributed by atoms with Gasteiger partial charge in [-0.25, -0.2) is 17.7 Å². The van der Waals surface area contributed by atoms with Crippen molar-refractivity contribution in [3.63, 3.8) is 0 Å². The van der Waals surface area contributed by atoms with E-state index in [-0.39, 0.29) is 5.92 Å². The average molecular weight is 239 g/mol. The summed E-state index contributed by atoms with van der Waals surface area (Å²) in [6, 6.07) is -0.892. The summed E-state index contributed by atoms with van der Waals surface area (Å²) < 4.78 is 39.2. The first kappa shape index (κ1) is 13.0. The molecule has 15 heavy (non-hydrogen) atoms. The maximum Gasteiger partial charge on any atom is 0.254 e. The van der Waals surface area contributed by atoms with Crippen LogP contribution in [0.2, 0.25) is 0 Å². The zero-order valence-corrected chi connectivity index (χ0v) is 10.2. The van der Waals surface area contributed by atoms with Crippen LogP contribution >= 0.6 is 0 Å². The Kier molecular flexibility index (Phi) is 4.23. The second-order valence-electron chi connectivity index (χ2n) is 4.70. The van der Waals surface area contributed by atoms with Gasteiger partial charge in [0.05, 0.1) is 21.8 Å². The van der Waals surface area contributed by atoms with Gasteiger partial charge in [0.15, 0.2) is 0 Å². The zero-order valence-electron chi connectivity index (χ0n) is 9.43. The topological polar surface area (TPSA) is 29.1 Å². The van der Waals surface area contributed by atoms with Crippen molar-refractivity contribution < 1.29 is 13.0 Å². The van der Waals surface area contributed by atoms with E-state index in [9.17, 15) is 13.0 Å². The molecule has 0 heterocycles. The minimum absolute atomic E-state index is 0.0154. The Bertz CT molecular complexity index is 240. The first-order valence-electron chi connectivity index (χ1n) is 5.34. The Morgan fingerprint density at radius 2 is 2.00 bits per heavy atom. The van der Waals surface area contributed by atoms with Crippen LogP contribution in [0.25, 0.3) is 0 Å². The van der Waals surface area contributed by atoms with E-state index in [0.717, 1.165) is 12.8 Å². The van der Waals surface area contributed by atoms with Crippen LogP contribution in [0.4, 0.5) is 8.78 Å². The van der Waals surface area contributed by atoms with Crippen LogP contribution in [0.15, 0.2) is 0 Å². The Labute approximate surface area is 92.4 Å². The van der Waals surface area contributed by atoms with Crippen molar-refractivity contribution in [2.75, 3.05) is 0 Å². The molecule has 2 atom stereocenters. The summed E-state index contributed by atoms with van der Waals surface area (Å²) in [5, 5.41) is 0. The quantitative estimate of drug-likeness (QED) is 0.758. The van der Waals surface area contributed by atoms with E-state index in [1.807, 2.05) is 20.8 Å². The summed E-state index contributed by atoms with van der Waals surface area (Å²) in [6.45, 7) is 5.56. The molecular formula is C10H19F2NOS. The maximum absolute atomic E-state index is 12.6. The highest BCUT2D eigenvalue weighted by Crippen LogP contribution is 2.35. The molecule has 2 nitrogen and oxygen atoms in total. The van der Waals surface area contributed by atoms with Crippen LogP contribution in [-0.4, -0.2) is 21.4 Å². The van der Waals surface area contributed by atoms with E-state index >= 15 is 0 Å². The average Bonchev–Trinajstić information content (AvgIpc) is 2.96. The van der Waals surface area contributed by atoms with Crippen molar-refractivity contribution in [1.29, 1.82) is 0 Å². The molecule has 0 bridgehead atoms. The molecule has 0 saturated heterocycles. The summed E-state index contributed by atoms with van der Waals surface area (Å²) >= 11 is 0. The highest BCUT2D eigenvalue weighted by atomic mass is 32.2. The van der Waals surface area contributed by atoms with Crippen molar-refractivity contribution in [2.45, 2.75) is 57.2 Å². The van der Waals surface area contributed by atoms with Crippen LogP contribution in [-0.2, 0) is 11.0 Å². The predicted molar refractivity (Wildman–Crippen MR) is 58.2 cm³/mol. The SMILES string of the molecule is CCC(C)(C)S(=O)NC(C(F)F)C1CC1. The molecule has 90 valence electrons. The van der Waals surface area contributed by atoms with Crippen molar-refractivity contribution in [1.82, 2.24) is 4.72 Å². The van der Waals surface area contributed by atoms with Gasteiger partial charge in [0, 0.05) is 0 Å². The van der Waals surface area contributed by atoms with Crippen molar-refractivity contribution >= 4 is 11.0 Å². The lowest BCUT2D eigenvalue weighted by Crippen LogP contribution is -2.45. The van der Waals surface area contributed by atoms with Gasteiger partial charge in [-0.2, -0.15) is 0 Å². The number of hydrogen-bond donors (Lipinski definition) is 1. The standard InChI is InChI=1S/C10H19F2NOS/c1-4-10(2,3)15(14)13-8(9(11)12)7-5-6-7/h7-9,13H,4-6H2,1-3H3. The molecule has 1 rings (SSSR count). The van der Waals surface area contributed by atoms with Crippen molar-refractivity contribution in [2.24, 2.45) is 5.92 Å². The van der Waals surface area contributed by atoms with E-state index in [1.54, 1.807) is 0 Å². The highest BCUT2D eigenvalue weighted by molar-refractivity contribution is 7.84. The third-order valence-electron chi connectivity index (χ3n) is 3.00. The normalized spacial score (nSPS) is 21.7. The van der Waals surface area contributed by atoms with E-state index < -0.39 is 28.2 Å². The van der Waals surface area contributed by atoms with Gasteiger partial charge in [0.2, 0.25) is 0 Å². The molecule has 0 amide bonds. The molecule has 1 N–H and O–H groups in total. The molecule has 5 heteroatoms. The van der Waals surface area contributed by atoms with Gasteiger partial charge >= 0.3 is 0 Å². The van der Waals surface area contributed by atoms with E-state index in [0.29, 0.717) is 6.42 Å². The molecule has 0 radical (unpaired) electrons. The van der Waals surface area contributed by atoms with Crippen LogP contribution in [0.3, 0.4) is 0 Å². The molecule has 0 aromatic rings. The van der Waals surface area contributed by atoms with Gasteiger partial charge in [-0.1, -0.05) is 6.92 Å². The highest BCUT2D eigenvalue weighted by Gasteiger charge is 2.39. The van der Waals surface area contributed by atoms with Gasteiger partial charge < -0.3 is 0 Å². The van der Waals surface area contributed by atoms with Gasteiger partial charge in [-0.15, -0.1) is 0 Å². The smallest absolute Gasteiger partial charge is 0.242 e. The molecule has 2 unspecified atom stereocenters. The van der Waals surface area contributed by atoms with Crippen LogP contribution < -0.4 is 4.72 Å². The fraction of sp³-hybridized carbons (Fsp3) is 1.00. The Morgan fingerprint density at radius 3 is 2.33 bits per heavy atom. The lowest BCUT2D eigenvalue weighted by atomic mass is 10.1. The van der Waals surface area contributed by atoms with Crippen LogP contribution in [0.1, 0.15) is 40.0 Å². The van der Waals surface area contributed by atoms with E-state index in [4.69, 9.17) is 0 Å². The Morgan fingerprint density at radius 1 is 1.47 bits per heavy atom. The zero-order chi connectivity index (χ0) is 11.6. The molecule has 1 aliphatic rings. The third kappa shape index (κ3) is 3.48. The largest absolute Gasteiger partial charge is 0.254 e. The fourth-order valence-electron chi connectivity index (χ4n) is 1.22. The molecule has 1 fully saturated rings. The fourth-order valence-corrected chi connectivity index (χ4v) is 2.35. The summed E-state index contributed by atoms with van der Waals surface area (Å²) in [7, 11) is -1.39. The number of nitrogens with one attached hydrogen (secondary N) is 1. The monoisotopic (exact) mass is 239 g/mol. The second kappa shape index (κ2) is 4.87. The minimum atomic E-state index is -2.42. The Balaban J connectivity index is 2.54. The van der Waals surface area contributed by atoms with Gasteiger partial charge in [0.1, 0.15) is 0 Å². The molecule has 1 saturated carbocycles.